The standard InChI is InChI=1S/C17H23ClN4O4/c1-9(2)11(8-19-16(25)26-17(3,4)5)22-7-6-10-12(14(23)24)20-15(18)21-13(10)22/h6-7,9,11H,8H2,1-5H3,(H,19,25)(H,23,24). The van der Waals surface area contributed by atoms with Crippen LogP contribution in [0.1, 0.15) is 51.1 Å². The molecule has 0 saturated heterocycles. The molecule has 1 unspecified atom stereocenters. The Morgan fingerprint density at radius 2 is 2.00 bits per heavy atom. The molecular weight excluding hydrogens is 360 g/mol. The monoisotopic (exact) mass is 382 g/mol. The molecule has 9 heteroatoms. The average molecular weight is 383 g/mol. The Morgan fingerprint density at radius 1 is 1.35 bits per heavy atom. The van der Waals surface area contributed by atoms with E-state index in [1.54, 1.807) is 37.6 Å². The van der Waals surface area contributed by atoms with E-state index in [9.17, 15) is 14.7 Å². The number of rotatable bonds is 5. The lowest BCUT2D eigenvalue weighted by Crippen LogP contribution is -2.37. The van der Waals surface area contributed by atoms with Gasteiger partial charge in [-0.1, -0.05) is 13.8 Å². The number of amides is 1. The summed E-state index contributed by atoms with van der Waals surface area (Å²) >= 11 is 5.89. The molecule has 1 amide bonds. The molecule has 0 aliphatic heterocycles. The fourth-order valence-electron chi connectivity index (χ4n) is 2.59. The van der Waals surface area contributed by atoms with Crippen molar-refractivity contribution in [2.45, 2.75) is 46.3 Å². The third-order valence-corrected chi connectivity index (χ3v) is 3.90. The van der Waals surface area contributed by atoms with Crippen molar-refractivity contribution in [2.24, 2.45) is 5.92 Å². The molecule has 0 aromatic carbocycles. The van der Waals surface area contributed by atoms with E-state index in [0.29, 0.717) is 17.6 Å². The van der Waals surface area contributed by atoms with Crippen LogP contribution in [0.4, 0.5) is 4.79 Å². The van der Waals surface area contributed by atoms with Gasteiger partial charge in [0, 0.05) is 12.7 Å². The van der Waals surface area contributed by atoms with Crippen LogP contribution in [0.3, 0.4) is 0 Å². The zero-order valence-electron chi connectivity index (χ0n) is 15.4. The molecule has 0 fully saturated rings. The molecule has 0 spiro atoms. The van der Waals surface area contributed by atoms with Crippen molar-refractivity contribution in [1.82, 2.24) is 19.9 Å². The number of carboxylic acid groups (broad SMARTS) is 1. The number of nitrogens with zero attached hydrogens (tertiary/aromatic N) is 3. The van der Waals surface area contributed by atoms with Crippen molar-refractivity contribution < 1.29 is 19.4 Å². The normalized spacial score (nSPS) is 13.0. The molecule has 8 nitrogen and oxygen atoms in total. The molecule has 0 bridgehead atoms. The number of halogens is 1. The minimum absolute atomic E-state index is 0.127. The fourth-order valence-corrected chi connectivity index (χ4v) is 2.76. The van der Waals surface area contributed by atoms with Crippen LogP contribution in [0.15, 0.2) is 12.3 Å². The van der Waals surface area contributed by atoms with Gasteiger partial charge in [0.05, 0.1) is 11.4 Å². The molecular formula is C17H23ClN4O4. The van der Waals surface area contributed by atoms with Crippen molar-refractivity contribution in [1.29, 1.82) is 0 Å². The summed E-state index contributed by atoms with van der Waals surface area (Å²) in [5, 5.41) is 12.3. The summed E-state index contributed by atoms with van der Waals surface area (Å²) in [5.41, 5.74) is -0.331. The third kappa shape index (κ3) is 4.63. The summed E-state index contributed by atoms with van der Waals surface area (Å²) in [7, 11) is 0. The predicted octanol–water partition coefficient (Wildman–Crippen LogP) is 3.50. The predicted molar refractivity (Wildman–Crippen MR) is 97.6 cm³/mol. The summed E-state index contributed by atoms with van der Waals surface area (Å²) < 4.78 is 7.06. The molecule has 26 heavy (non-hydrogen) atoms. The maximum absolute atomic E-state index is 11.9. The first-order valence-electron chi connectivity index (χ1n) is 8.24. The molecule has 2 heterocycles. The number of aromatic nitrogens is 3. The Balaban J connectivity index is 2.33. The minimum atomic E-state index is -1.18. The zero-order valence-corrected chi connectivity index (χ0v) is 16.2. The van der Waals surface area contributed by atoms with Crippen molar-refractivity contribution in [3.8, 4) is 0 Å². The van der Waals surface area contributed by atoms with Gasteiger partial charge in [-0.05, 0) is 44.4 Å². The number of carbonyl (C=O) groups is 2. The van der Waals surface area contributed by atoms with Crippen molar-refractivity contribution in [2.75, 3.05) is 6.54 Å². The number of carbonyl (C=O) groups excluding carboxylic acids is 1. The summed E-state index contributed by atoms with van der Waals surface area (Å²) in [6, 6.07) is 1.46. The molecule has 0 aliphatic carbocycles. The molecule has 2 aromatic heterocycles. The van der Waals surface area contributed by atoms with Crippen LogP contribution >= 0.6 is 11.6 Å². The number of hydrogen-bond acceptors (Lipinski definition) is 5. The summed E-state index contributed by atoms with van der Waals surface area (Å²) in [5.74, 6) is -1.05. The lowest BCUT2D eigenvalue weighted by Gasteiger charge is -2.25. The number of alkyl carbamates (subject to hydrolysis) is 1. The largest absolute Gasteiger partial charge is 0.476 e. The Kier molecular flexibility index (Phi) is 5.75. The number of fused-ring (bicyclic) bond motifs is 1. The highest BCUT2D eigenvalue weighted by Gasteiger charge is 2.23. The minimum Gasteiger partial charge on any atom is -0.476 e. The number of carboxylic acids is 1. The Hall–Kier alpha value is -2.35. The zero-order chi connectivity index (χ0) is 19.6. The SMILES string of the molecule is CC(C)C(CNC(=O)OC(C)(C)C)n1ccc2c(C(=O)O)nc(Cl)nc21. The fraction of sp³-hybridized carbons (Fsp3) is 0.529. The highest BCUT2D eigenvalue weighted by Crippen LogP contribution is 2.26. The third-order valence-electron chi connectivity index (χ3n) is 3.73. The summed E-state index contributed by atoms with van der Waals surface area (Å²) in [6.45, 7) is 9.65. The molecule has 0 aliphatic rings. The second kappa shape index (κ2) is 7.49. The Labute approximate surface area is 156 Å². The molecule has 0 saturated carbocycles. The van der Waals surface area contributed by atoms with Crippen LogP contribution in [-0.4, -0.2) is 43.8 Å². The van der Waals surface area contributed by atoms with Gasteiger partial charge in [-0.2, -0.15) is 4.98 Å². The van der Waals surface area contributed by atoms with Crippen molar-refractivity contribution in [3.05, 3.63) is 23.2 Å². The molecule has 2 aromatic rings. The van der Waals surface area contributed by atoms with E-state index in [1.807, 2.05) is 13.8 Å². The van der Waals surface area contributed by atoms with Gasteiger partial charge in [0.2, 0.25) is 5.28 Å². The van der Waals surface area contributed by atoms with Gasteiger partial charge < -0.3 is 19.7 Å². The second-order valence-corrected chi connectivity index (χ2v) is 7.64. The first-order chi connectivity index (χ1) is 12.0. The van der Waals surface area contributed by atoms with Crippen LogP contribution in [0.2, 0.25) is 5.28 Å². The van der Waals surface area contributed by atoms with Gasteiger partial charge in [-0.15, -0.1) is 0 Å². The van der Waals surface area contributed by atoms with E-state index in [-0.39, 0.29) is 22.9 Å². The maximum Gasteiger partial charge on any atom is 0.407 e. The first kappa shape index (κ1) is 20.0. The number of nitrogens with one attached hydrogen (secondary N) is 1. The van der Waals surface area contributed by atoms with Gasteiger partial charge in [0.25, 0.3) is 0 Å². The molecule has 0 radical (unpaired) electrons. The van der Waals surface area contributed by atoms with Crippen LogP contribution in [-0.2, 0) is 4.74 Å². The number of hydrogen-bond donors (Lipinski definition) is 2. The van der Waals surface area contributed by atoms with Gasteiger partial charge in [0.15, 0.2) is 5.69 Å². The van der Waals surface area contributed by atoms with Crippen LogP contribution in [0, 0.1) is 5.92 Å². The number of ether oxygens (including phenoxy) is 1. The van der Waals surface area contributed by atoms with Gasteiger partial charge in [-0.3, -0.25) is 0 Å². The molecule has 2 rings (SSSR count). The van der Waals surface area contributed by atoms with Crippen LogP contribution in [0.25, 0.3) is 11.0 Å². The van der Waals surface area contributed by atoms with E-state index in [4.69, 9.17) is 16.3 Å². The maximum atomic E-state index is 11.9. The van der Waals surface area contributed by atoms with Crippen LogP contribution < -0.4 is 5.32 Å². The quantitative estimate of drug-likeness (QED) is 0.766. The van der Waals surface area contributed by atoms with E-state index < -0.39 is 17.7 Å². The highest BCUT2D eigenvalue weighted by molar-refractivity contribution is 6.28. The molecule has 2 N–H and O–H groups in total. The van der Waals surface area contributed by atoms with E-state index in [2.05, 4.69) is 15.3 Å². The Morgan fingerprint density at radius 3 is 2.54 bits per heavy atom. The summed E-state index contributed by atoms with van der Waals surface area (Å²) in [4.78, 5) is 31.3. The van der Waals surface area contributed by atoms with Crippen molar-refractivity contribution >= 4 is 34.7 Å². The molecule has 1 atom stereocenters. The van der Waals surface area contributed by atoms with Gasteiger partial charge >= 0.3 is 12.1 Å². The first-order valence-corrected chi connectivity index (χ1v) is 8.61. The molecule has 142 valence electrons. The topological polar surface area (TPSA) is 106 Å². The van der Waals surface area contributed by atoms with Crippen molar-refractivity contribution in [3.63, 3.8) is 0 Å². The van der Waals surface area contributed by atoms with E-state index in [1.165, 1.54) is 0 Å². The number of aromatic carboxylic acids is 1. The lowest BCUT2D eigenvalue weighted by molar-refractivity contribution is 0.0516. The summed E-state index contributed by atoms with van der Waals surface area (Å²) in [6.07, 6.45) is 1.21. The van der Waals surface area contributed by atoms with E-state index >= 15 is 0 Å². The van der Waals surface area contributed by atoms with Crippen LogP contribution in [0.5, 0.6) is 0 Å². The second-order valence-electron chi connectivity index (χ2n) is 7.30. The van der Waals surface area contributed by atoms with Gasteiger partial charge in [0.1, 0.15) is 11.2 Å². The van der Waals surface area contributed by atoms with Gasteiger partial charge in [-0.25, -0.2) is 14.6 Å². The smallest absolute Gasteiger partial charge is 0.407 e. The Bertz CT molecular complexity index is 826. The average Bonchev–Trinajstić information content (AvgIpc) is 2.88. The highest BCUT2D eigenvalue weighted by atomic mass is 35.5. The van der Waals surface area contributed by atoms with E-state index in [0.717, 1.165) is 0 Å². The lowest BCUT2D eigenvalue weighted by atomic mass is 10.0.